The van der Waals surface area contributed by atoms with Crippen molar-refractivity contribution in [1.82, 2.24) is 0 Å². The fourth-order valence-corrected chi connectivity index (χ4v) is 1.80. The van der Waals surface area contributed by atoms with E-state index in [1.807, 2.05) is 12.1 Å². The fourth-order valence-electron chi connectivity index (χ4n) is 1.80. The van der Waals surface area contributed by atoms with Gasteiger partial charge in [-0.1, -0.05) is 45.0 Å². The molecule has 15 heavy (non-hydrogen) atoms. The largest absolute Gasteiger partial charge is 0.294 e. The first-order valence-corrected chi connectivity index (χ1v) is 5.86. The van der Waals surface area contributed by atoms with Gasteiger partial charge in [-0.25, -0.2) is 0 Å². The Hall–Kier alpha value is -1.11. The highest BCUT2D eigenvalue weighted by Gasteiger charge is 2.15. The lowest BCUT2D eigenvalue weighted by Crippen LogP contribution is -2.12. The third-order valence-corrected chi connectivity index (χ3v) is 3.00. The Kier molecular flexibility index (Phi) is 4.54. The van der Waals surface area contributed by atoms with Crippen molar-refractivity contribution < 1.29 is 4.79 Å². The zero-order valence-electron chi connectivity index (χ0n) is 9.92. The predicted molar refractivity (Wildman–Crippen MR) is 64.2 cm³/mol. The minimum atomic E-state index is 0.192. The summed E-state index contributed by atoms with van der Waals surface area (Å²) in [6, 6.07) is 8.02. The van der Waals surface area contributed by atoms with Crippen molar-refractivity contribution in [1.29, 1.82) is 0 Å². The average Bonchev–Trinajstić information content (AvgIpc) is 2.30. The standard InChI is InChI=1S/C14H20O/c1-4-11-7-9-13(10-8-11)14(15)12(5-2)6-3/h7-10,12H,4-6H2,1-3H3. The molecule has 0 saturated carbocycles. The Balaban J connectivity index is 2.82. The van der Waals surface area contributed by atoms with Crippen LogP contribution in [0.5, 0.6) is 0 Å². The van der Waals surface area contributed by atoms with E-state index in [1.54, 1.807) is 0 Å². The molecule has 0 aliphatic carbocycles. The molecule has 82 valence electrons. The van der Waals surface area contributed by atoms with Crippen LogP contribution in [-0.2, 0) is 6.42 Å². The van der Waals surface area contributed by atoms with Crippen LogP contribution in [0.15, 0.2) is 24.3 Å². The second kappa shape index (κ2) is 5.69. The van der Waals surface area contributed by atoms with Gasteiger partial charge < -0.3 is 0 Å². The molecule has 0 N–H and O–H groups in total. The Morgan fingerprint density at radius 3 is 2.00 bits per heavy atom. The maximum atomic E-state index is 12.0. The third kappa shape index (κ3) is 2.92. The summed E-state index contributed by atoms with van der Waals surface area (Å²) in [4.78, 5) is 12.0. The molecule has 0 aromatic heterocycles. The van der Waals surface area contributed by atoms with Crippen molar-refractivity contribution in [3.63, 3.8) is 0 Å². The summed E-state index contributed by atoms with van der Waals surface area (Å²) in [6.45, 7) is 6.27. The van der Waals surface area contributed by atoms with Gasteiger partial charge in [-0.2, -0.15) is 0 Å². The number of carbonyl (C=O) groups is 1. The SMILES string of the molecule is CCc1ccc(C(=O)C(CC)CC)cc1. The van der Waals surface area contributed by atoms with Crippen LogP contribution < -0.4 is 0 Å². The van der Waals surface area contributed by atoms with Gasteiger partial charge in [-0.3, -0.25) is 4.79 Å². The molecule has 1 rings (SSSR count). The second-order valence-electron chi connectivity index (χ2n) is 3.93. The quantitative estimate of drug-likeness (QED) is 0.665. The fraction of sp³-hybridized carbons (Fsp3) is 0.500. The molecule has 0 unspecified atom stereocenters. The van der Waals surface area contributed by atoms with Crippen LogP contribution in [0.1, 0.15) is 49.5 Å². The Labute approximate surface area is 92.5 Å². The van der Waals surface area contributed by atoms with Crippen LogP contribution in [0.25, 0.3) is 0 Å². The van der Waals surface area contributed by atoms with E-state index in [2.05, 4.69) is 32.9 Å². The van der Waals surface area contributed by atoms with Crippen LogP contribution in [-0.4, -0.2) is 5.78 Å². The molecular weight excluding hydrogens is 184 g/mol. The van der Waals surface area contributed by atoms with Crippen molar-refractivity contribution in [2.75, 3.05) is 0 Å². The van der Waals surface area contributed by atoms with Crippen LogP contribution in [0.2, 0.25) is 0 Å². The molecule has 0 aliphatic rings. The summed E-state index contributed by atoms with van der Waals surface area (Å²) in [5, 5.41) is 0. The number of Topliss-reactive ketones (excluding diaryl/α,β-unsaturated/α-hetero) is 1. The molecule has 0 spiro atoms. The van der Waals surface area contributed by atoms with Gasteiger partial charge in [-0.05, 0) is 24.8 Å². The van der Waals surface area contributed by atoms with Crippen LogP contribution >= 0.6 is 0 Å². The number of hydrogen-bond donors (Lipinski definition) is 0. The molecule has 0 amide bonds. The first-order valence-electron chi connectivity index (χ1n) is 5.86. The molecular formula is C14H20O. The summed E-state index contributed by atoms with van der Waals surface area (Å²) in [7, 11) is 0. The molecule has 0 saturated heterocycles. The lowest BCUT2D eigenvalue weighted by Gasteiger charge is -2.11. The highest BCUT2D eigenvalue weighted by Crippen LogP contribution is 2.16. The van der Waals surface area contributed by atoms with Gasteiger partial charge in [0.05, 0.1) is 0 Å². The van der Waals surface area contributed by atoms with Gasteiger partial charge in [0.15, 0.2) is 5.78 Å². The smallest absolute Gasteiger partial charge is 0.165 e. The first-order chi connectivity index (χ1) is 7.22. The summed E-state index contributed by atoms with van der Waals surface area (Å²) in [5.74, 6) is 0.486. The van der Waals surface area contributed by atoms with E-state index in [0.29, 0.717) is 5.78 Å². The molecule has 1 aromatic carbocycles. The van der Waals surface area contributed by atoms with E-state index in [0.717, 1.165) is 24.8 Å². The summed E-state index contributed by atoms with van der Waals surface area (Å²) >= 11 is 0. The second-order valence-corrected chi connectivity index (χ2v) is 3.93. The van der Waals surface area contributed by atoms with Crippen LogP contribution in [0, 0.1) is 5.92 Å². The van der Waals surface area contributed by atoms with E-state index in [9.17, 15) is 4.79 Å². The summed E-state index contributed by atoms with van der Waals surface area (Å²) in [6.07, 6.45) is 2.90. The van der Waals surface area contributed by atoms with Gasteiger partial charge >= 0.3 is 0 Å². The minimum absolute atomic E-state index is 0.192. The van der Waals surface area contributed by atoms with E-state index >= 15 is 0 Å². The topological polar surface area (TPSA) is 17.1 Å². The first kappa shape index (κ1) is 12.0. The molecule has 0 aliphatic heterocycles. The lowest BCUT2D eigenvalue weighted by molar-refractivity contribution is 0.0913. The van der Waals surface area contributed by atoms with Gasteiger partial charge in [0, 0.05) is 11.5 Å². The summed E-state index contributed by atoms with van der Waals surface area (Å²) in [5.41, 5.74) is 2.15. The number of hydrogen-bond acceptors (Lipinski definition) is 1. The number of rotatable bonds is 5. The van der Waals surface area contributed by atoms with Gasteiger partial charge in [0.1, 0.15) is 0 Å². The van der Waals surface area contributed by atoms with Crippen molar-refractivity contribution >= 4 is 5.78 Å². The Bertz CT molecular complexity index is 307. The molecule has 1 heteroatoms. The zero-order chi connectivity index (χ0) is 11.3. The third-order valence-electron chi connectivity index (χ3n) is 3.00. The number of ketones is 1. The van der Waals surface area contributed by atoms with Crippen LogP contribution in [0.3, 0.4) is 0 Å². The lowest BCUT2D eigenvalue weighted by atomic mass is 9.92. The van der Waals surface area contributed by atoms with Crippen molar-refractivity contribution in [3.8, 4) is 0 Å². The maximum Gasteiger partial charge on any atom is 0.165 e. The average molecular weight is 204 g/mol. The summed E-state index contributed by atoms with van der Waals surface area (Å²) < 4.78 is 0. The molecule has 0 fully saturated rings. The minimum Gasteiger partial charge on any atom is -0.294 e. The molecule has 0 heterocycles. The zero-order valence-corrected chi connectivity index (χ0v) is 9.92. The van der Waals surface area contributed by atoms with Crippen molar-refractivity contribution in [3.05, 3.63) is 35.4 Å². The predicted octanol–water partition coefficient (Wildman–Crippen LogP) is 3.87. The highest BCUT2D eigenvalue weighted by atomic mass is 16.1. The van der Waals surface area contributed by atoms with Gasteiger partial charge in [-0.15, -0.1) is 0 Å². The number of carbonyl (C=O) groups excluding carboxylic acids is 1. The Morgan fingerprint density at radius 1 is 1.07 bits per heavy atom. The molecule has 1 nitrogen and oxygen atoms in total. The monoisotopic (exact) mass is 204 g/mol. The maximum absolute atomic E-state index is 12.0. The van der Waals surface area contributed by atoms with Gasteiger partial charge in [0.2, 0.25) is 0 Å². The van der Waals surface area contributed by atoms with E-state index in [4.69, 9.17) is 0 Å². The van der Waals surface area contributed by atoms with Gasteiger partial charge in [0.25, 0.3) is 0 Å². The highest BCUT2D eigenvalue weighted by molar-refractivity contribution is 5.97. The van der Waals surface area contributed by atoms with Crippen LogP contribution in [0.4, 0.5) is 0 Å². The molecule has 0 atom stereocenters. The number of aryl methyl sites for hydroxylation is 1. The van der Waals surface area contributed by atoms with Crippen molar-refractivity contribution in [2.45, 2.75) is 40.0 Å². The molecule has 1 aromatic rings. The normalized spacial score (nSPS) is 10.7. The molecule has 0 radical (unpaired) electrons. The van der Waals surface area contributed by atoms with E-state index in [-0.39, 0.29) is 5.92 Å². The Morgan fingerprint density at radius 2 is 1.60 bits per heavy atom. The van der Waals surface area contributed by atoms with E-state index < -0.39 is 0 Å². The molecule has 0 bridgehead atoms. The van der Waals surface area contributed by atoms with Crippen molar-refractivity contribution in [2.24, 2.45) is 5.92 Å². The van der Waals surface area contributed by atoms with E-state index in [1.165, 1.54) is 5.56 Å². The number of benzene rings is 1.